The molecule has 2 aliphatic heterocycles. The molecule has 1 amide bonds. The van der Waals surface area contributed by atoms with Crippen molar-refractivity contribution < 1.29 is 4.79 Å². The number of amides is 1. The number of nitrogens with zero attached hydrogens (tertiary/aromatic N) is 2. The van der Waals surface area contributed by atoms with Gasteiger partial charge in [-0.1, -0.05) is 60.7 Å². The van der Waals surface area contributed by atoms with Crippen molar-refractivity contribution >= 4 is 17.3 Å². The van der Waals surface area contributed by atoms with E-state index in [1.807, 2.05) is 18.0 Å². The van der Waals surface area contributed by atoms with Crippen LogP contribution in [0, 0.1) is 0 Å². The van der Waals surface area contributed by atoms with E-state index in [0.29, 0.717) is 0 Å². The van der Waals surface area contributed by atoms with Crippen LogP contribution in [0.4, 0.5) is 11.4 Å². The molecule has 32 heavy (non-hydrogen) atoms. The zero-order valence-electron chi connectivity index (χ0n) is 18.8. The van der Waals surface area contributed by atoms with Crippen molar-refractivity contribution in [3.05, 3.63) is 95.1 Å². The standard InChI is InChI=1S/C28H31N3O/c1-30(28(32)27-24-12-5-2-9-21(24)17-18-29-27)19-8-20-31-25-13-6-3-10-22(25)15-16-23-11-4-7-14-26(23)31/h2-7,9-14,27,29H,8,15-20H2,1H3. The highest BCUT2D eigenvalue weighted by Gasteiger charge is 2.28. The van der Waals surface area contributed by atoms with Crippen LogP contribution >= 0.6 is 0 Å². The van der Waals surface area contributed by atoms with Crippen LogP contribution in [0.1, 0.15) is 34.7 Å². The van der Waals surface area contributed by atoms with E-state index in [1.165, 1.54) is 28.1 Å². The summed E-state index contributed by atoms with van der Waals surface area (Å²) in [4.78, 5) is 17.6. The average Bonchev–Trinajstić information content (AvgIpc) is 3.00. The Morgan fingerprint density at radius 2 is 1.47 bits per heavy atom. The van der Waals surface area contributed by atoms with E-state index in [4.69, 9.17) is 0 Å². The fraction of sp³-hybridized carbons (Fsp3) is 0.321. The van der Waals surface area contributed by atoms with Crippen LogP contribution in [0.2, 0.25) is 0 Å². The first-order valence-corrected chi connectivity index (χ1v) is 11.7. The fourth-order valence-electron chi connectivity index (χ4n) is 5.13. The van der Waals surface area contributed by atoms with E-state index in [1.54, 1.807) is 0 Å². The Bertz CT molecular complexity index is 1060. The van der Waals surface area contributed by atoms with Crippen molar-refractivity contribution in [2.75, 3.05) is 31.6 Å². The van der Waals surface area contributed by atoms with Gasteiger partial charge < -0.3 is 15.1 Å². The SMILES string of the molecule is CN(CCCN1c2ccccc2CCc2ccccc21)C(=O)C1NCCc2ccccc21. The van der Waals surface area contributed by atoms with Gasteiger partial charge in [-0.25, -0.2) is 0 Å². The molecule has 0 saturated heterocycles. The van der Waals surface area contributed by atoms with Crippen molar-refractivity contribution in [1.82, 2.24) is 10.2 Å². The third-order valence-electron chi connectivity index (χ3n) is 6.84. The maximum atomic E-state index is 13.2. The highest BCUT2D eigenvalue weighted by Crippen LogP contribution is 2.36. The van der Waals surface area contributed by atoms with E-state index in [-0.39, 0.29) is 11.9 Å². The molecule has 2 aliphatic rings. The number of nitrogens with one attached hydrogen (secondary N) is 1. The van der Waals surface area contributed by atoms with Crippen LogP contribution in [-0.4, -0.2) is 37.5 Å². The lowest BCUT2D eigenvalue weighted by Gasteiger charge is -2.31. The number of rotatable bonds is 5. The predicted octanol–water partition coefficient (Wildman–Crippen LogP) is 4.66. The molecule has 5 rings (SSSR count). The van der Waals surface area contributed by atoms with E-state index in [0.717, 1.165) is 50.9 Å². The van der Waals surface area contributed by atoms with Gasteiger partial charge in [0.25, 0.3) is 0 Å². The van der Waals surface area contributed by atoms with E-state index in [2.05, 4.69) is 76.9 Å². The minimum atomic E-state index is -0.232. The number of likely N-dealkylation sites (N-methyl/N-ethyl adjacent to an activating group) is 1. The Morgan fingerprint density at radius 3 is 2.16 bits per heavy atom. The Labute approximate surface area is 190 Å². The Kier molecular flexibility index (Phi) is 5.95. The number of para-hydroxylation sites is 2. The molecule has 0 radical (unpaired) electrons. The number of fused-ring (bicyclic) bond motifs is 3. The highest BCUT2D eigenvalue weighted by molar-refractivity contribution is 5.84. The zero-order chi connectivity index (χ0) is 21.9. The molecule has 4 heteroatoms. The quantitative estimate of drug-likeness (QED) is 0.646. The monoisotopic (exact) mass is 425 g/mol. The summed E-state index contributed by atoms with van der Waals surface area (Å²) in [5, 5.41) is 3.43. The summed E-state index contributed by atoms with van der Waals surface area (Å²) in [6.45, 7) is 2.48. The third kappa shape index (κ3) is 4.03. The Morgan fingerprint density at radius 1 is 0.875 bits per heavy atom. The molecule has 0 aliphatic carbocycles. The van der Waals surface area contributed by atoms with Gasteiger partial charge in [-0.3, -0.25) is 4.79 Å². The molecule has 164 valence electrons. The lowest BCUT2D eigenvalue weighted by Crippen LogP contribution is -2.43. The molecule has 1 atom stereocenters. The number of aryl methyl sites for hydroxylation is 2. The summed E-state index contributed by atoms with van der Waals surface area (Å²) >= 11 is 0. The van der Waals surface area contributed by atoms with E-state index in [9.17, 15) is 4.79 Å². The Hall–Kier alpha value is -3.11. The van der Waals surface area contributed by atoms with Gasteiger partial charge in [-0.05, 0) is 60.1 Å². The van der Waals surface area contributed by atoms with Crippen LogP contribution in [0.5, 0.6) is 0 Å². The van der Waals surface area contributed by atoms with Crippen molar-refractivity contribution in [1.29, 1.82) is 0 Å². The third-order valence-corrected chi connectivity index (χ3v) is 6.84. The molecule has 1 unspecified atom stereocenters. The number of hydrogen-bond acceptors (Lipinski definition) is 3. The second-order valence-corrected chi connectivity index (χ2v) is 8.86. The molecule has 3 aromatic carbocycles. The van der Waals surface area contributed by atoms with Crippen molar-refractivity contribution in [2.45, 2.75) is 31.7 Å². The molecular weight excluding hydrogens is 394 g/mol. The summed E-state index contributed by atoms with van der Waals surface area (Å²) < 4.78 is 0. The predicted molar refractivity (Wildman–Crippen MR) is 130 cm³/mol. The van der Waals surface area contributed by atoms with Crippen molar-refractivity contribution in [3.8, 4) is 0 Å². The van der Waals surface area contributed by atoms with Gasteiger partial charge in [-0.2, -0.15) is 0 Å². The zero-order valence-corrected chi connectivity index (χ0v) is 18.8. The summed E-state index contributed by atoms with van der Waals surface area (Å²) in [6.07, 6.45) is 4.03. The summed E-state index contributed by atoms with van der Waals surface area (Å²) in [5.74, 6) is 0.161. The average molecular weight is 426 g/mol. The van der Waals surface area contributed by atoms with Crippen molar-refractivity contribution in [3.63, 3.8) is 0 Å². The lowest BCUT2D eigenvalue weighted by molar-refractivity contribution is -0.132. The molecule has 1 N–H and O–H groups in total. The first-order chi connectivity index (χ1) is 15.7. The minimum Gasteiger partial charge on any atom is -0.344 e. The normalized spacial score (nSPS) is 17.0. The molecule has 0 bridgehead atoms. The van der Waals surface area contributed by atoms with E-state index >= 15 is 0 Å². The van der Waals surface area contributed by atoms with Gasteiger partial charge in [0.1, 0.15) is 6.04 Å². The summed E-state index contributed by atoms with van der Waals surface area (Å²) in [7, 11) is 1.94. The molecule has 0 saturated carbocycles. The first-order valence-electron chi connectivity index (χ1n) is 11.7. The molecule has 3 aromatic rings. The smallest absolute Gasteiger partial charge is 0.244 e. The topological polar surface area (TPSA) is 35.6 Å². The number of hydrogen-bond donors (Lipinski definition) is 1. The summed E-state index contributed by atoms with van der Waals surface area (Å²) in [6, 6.07) is 25.6. The van der Waals surface area contributed by atoms with Gasteiger partial charge in [0, 0.05) is 38.1 Å². The van der Waals surface area contributed by atoms with Gasteiger partial charge in [0.2, 0.25) is 5.91 Å². The number of anilines is 2. The first kappa shape index (κ1) is 20.8. The van der Waals surface area contributed by atoms with Gasteiger partial charge in [0.05, 0.1) is 0 Å². The largest absolute Gasteiger partial charge is 0.344 e. The van der Waals surface area contributed by atoms with Crippen molar-refractivity contribution in [2.24, 2.45) is 0 Å². The maximum absolute atomic E-state index is 13.2. The second-order valence-electron chi connectivity index (χ2n) is 8.86. The molecule has 0 spiro atoms. The fourth-order valence-corrected chi connectivity index (χ4v) is 5.13. The molecular formula is C28H31N3O. The summed E-state index contributed by atoms with van der Waals surface area (Å²) in [5.41, 5.74) is 7.82. The number of carbonyl (C=O) groups is 1. The van der Waals surface area contributed by atoms with Gasteiger partial charge in [-0.15, -0.1) is 0 Å². The Balaban J connectivity index is 1.29. The van der Waals surface area contributed by atoms with E-state index < -0.39 is 0 Å². The maximum Gasteiger partial charge on any atom is 0.244 e. The molecule has 4 nitrogen and oxygen atoms in total. The lowest BCUT2D eigenvalue weighted by atomic mass is 9.93. The van der Waals surface area contributed by atoms with Gasteiger partial charge >= 0.3 is 0 Å². The molecule has 0 fully saturated rings. The highest BCUT2D eigenvalue weighted by atomic mass is 16.2. The second kappa shape index (κ2) is 9.17. The molecule has 0 aromatic heterocycles. The van der Waals surface area contributed by atoms with Gasteiger partial charge in [0.15, 0.2) is 0 Å². The van der Waals surface area contributed by atoms with Crippen LogP contribution < -0.4 is 10.2 Å². The van der Waals surface area contributed by atoms with Crippen LogP contribution in [0.15, 0.2) is 72.8 Å². The minimum absolute atomic E-state index is 0.161. The van der Waals surface area contributed by atoms with Crippen LogP contribution in [0.25, 0.3) is 0 Å². The van der Waals surface area contributed by atoms with Crippen LogP contribution in [0.3, 0.4) is 0 Å². The van der Waals surface area contributed by atoms with Crippen LogP contribution in [-0.2, 0) is 24.1 Å². The number of carbonyl (C=O) groups excluding carboxylic acids is 1. The molecule has 2 heterocycles. The number of benzene rings is 3.